The minimum Gasteiger partial charge on any atom is -0.370 e. The largest absolute Gasteiger partial charge is 0.370 e. The lowest BCUT2D eigenvalue weighted by atomic mass is 10.2. The average molecular weight is 275 g/mol. The molecule has 0 spiro atoms. The Morgan fingerprint density at radius 3 is 3.05 bits per heavy atom. The molecule has 1 atom stereocenters. The summed E-state index contributed by atoms with van der Waals surface area (Å²) in [6, 6.07) is 3.75. The van der Waals surface area contributed by atoms with Crippen LogP contribution in [0.3, 0.4) is 0 Å². The summed E-state index contributed by atoms with van der Waals surface area (Å²) in [5.74, 6) is 0.729. The summed E-state index contributed by atoms with van der Waals surface area (Å²) < 4.78 is 7.70. The van der Waals surface area contributed by atoms with Gasteiger partial charge in [-0.3, -0.25) is 10.1 Å². The zero-order chi connectivity index (χ0) is 13.1. The Kier molecular flexibility index (Phi) is 3.47. The number of hydrogen-bond donors (Lipinski definition) is 1. The zero-order valence-corrected chi connectivity index (χ0v) is 11.0. The Morgan fingerprint density at radius 2 is 2.32 bits per heavy atom. The SMILES string of the molecule is S=c1[nH]nc(C2CCCO2)n1/N=C\c1ccncc1. The van der Waals surface area contributed by atoms with Crippen LogP contribution >= 0.6 is 12.2 Å². The lowest BCUT2D eigenvalue weighted by molar-refractivity contribution is 0.102. The van der Waals surface area contributed by atoms with Crippen LogP contribution in [0.4, 0.5) is 0 Å². The smallest absolute Gasteiger partial charge is 0.216 e. The molecule has 6 nitrogen and oxygen atoms in total. The molecule has 2 aromatic heterocycles. The highest BCUT2D eigenvalue weighted by atomic mass is 32.1. The second kappa shape index (κ2) is 5.41. The van der Waals surface area contributed by atoms with E-state index >= 15 is 0 Å². The predicted molar refractivity (Wildman–Crippen MR) is 72.6 cm³/mol. The molecular weight excluding hydrogens is 262 g/mol. The Bertz CT molecular complexity index is 627. The Labute approximate surface area is 115 Å². The van der Waals surface area contributed by atoms with Crippen LogP contribution in [0.25, 0.3) is 0 Å². The Hall–Kier alpha value is -1.86. The number of nitrogens with zero attached hydrogens (tertiary/aromatic N) is 4. The molecule has 19 heavy (non-hydrogen) atoms. The van der Waals surface area contributed by atoms with Crippen molar-refractivity contribution in [3.63, 3.8) is 0 Å². The molecule has 1 aliphatic heterocycles. The molecule has 3 heterocycles. The number of aromatic nitrogens is 4. The van der Waals surface area contributed by atoms with Crippen molar-refractivity contribution in [1.29, 1.82) is 0 Å². The number of nitrogens with one attached hydrogen (secondary N) is 1. The molecule has 0 saturated carbocycles. The van der Waals surface area contributed by atoms with Gasteiger partial charge in [-0.25, -0.2) is 0 Å². The molecule has 1 saturated heterocycles. The van der Waals surface area contributed by atoms with Crippen molar-refractivity contribution in [2.24, 2.45) is 5.10 Å². The highest BCUT2D eigenvalue weighted by molar-refractivity contribution is 7.71. The first-order chi connectivity index (χ1) is 9.34. The molecule has 1 fully saturated rings. The van der Waals surface area contributed by atoms with Crippen LogP contribution in [0.1, 0.15) is 30.3 Å². The maximum atomic E-state index is 5.61. The van der Waals surface area contributed by atoms with Gasteiger partial charge in [0.25, 0.3) is 0 Å². The minimum atomic E-state index is -0.0254. The van der Waals surface area contributed by atoms with E-state index < -0.39 is 0 Å². The molecule has 3 rings (SSSR count). The van der Waals surface area contributed by atoms with Gasteiger partial charge in [-0.2, -0.15) is 14.9 Å². The number of hydrogen-bond acceptors (Lipinski definition) is 5. The molecule has 1 aliphatic rings. The topological polar surface area (TPSA) is 68.1 Å². The van der Waals surface area contributed by atoms with Crippen molar-refractivity contribution in [1.82, 2.24) is 19.9 Å². The lowest BCUT2D eigenvalue weighted by Gasteiger charge is -2.07. The van der Waals surface area contributed by atoms with Crippen molar-refractivity contribution in [3.8, 4) is 0 Å². The van der Waals surface area contributed by atoms with E-state index in [4.69, 9.17) is 17.0 Å². The van der Waals surface area contributed by atoms with Gasteiger partial charge in [0.15, 0.2) is 5.82 Å². The Balaban J connectivity index is 1.90. The molecule has 2 aromatic rings. The maximum Gasteiger partial charge on any atom is 0.216 e. The summed E-state index contributed by atoms with van der Waals surface area (Å²) in [6.45, 7) is 0.762. The third kappa shape index (κ3) is 2.61. The van der Waals surface area contributed by atoms with Gasteiger partial charge in [0, 0.05) is 19.0 Å². The number of rotatable bonds is 3. The van der Waals surface area contributed by atoms with Crippen LogP contribution < -0.4 is 0 Å². The average Bonchev–Trinajstić information content (AvgIpc) is 3.07. The number of pyridine rings is 1. The number of ether oxygens (including phenoxy) is 1. The molecule has 1 N–H and O–H groups in total. The van der Waals surface area contributed by atoms with Crippen LogP contribution in [0.2, 0.25) is 0 Å². The second-order valence-electron chi connectivity index (χ2n) is 4.23. The zero-order valence-electron chi connectivity index (χ0n) is 10.2. The van der Waals surface area contributed by atoms with E-state index in [1.54, 1.807) is 23.3 Å². The second-order valence-corrected chi connectivity index (χ2v) is 4.61. The summed E-state index contributed by atoms with van der Waals surface area (Å²) in [6.07, 6.45) is 7.13. The van der Waals surface area contributed by atoms with Crippen LogP contribution in [-0.2, 0) is 4.74 Å². The van der Waals surface area contributed by atoms with E-state index in [1.807, 2.05) is 12.1 Å². The van der Waals surface area contributed by atoms with Gasteiger partial charge in [0.1, 0.15) is 6.10 Å². The lowest BCUT2D eigenvalue weighted by Crippen LogP contribution is -2.05. The first-order valence-corrected chi connectivity index (χ1v) is 6.49. The highest BCUT2D eigenvalue weighted by Gasteiger charge is 2.23. The molecule has 0 aliphatic carbocycles. The van der Waals surface area contributed by atoms with E-state index in [-0.39, 0.29) is 6.10 Å². The summed E-state index contributed by atoms with van der Waals surface area (Å²) in [5, 5.41) is 11.3. The molecule has 0 amide bonds. The quantitative estimate of drug-likeness (QED) is 0.688. The summed E-state index contributed by atoms with van der Waals surface area (Å²) in [5.41, 5.74) is 0.955. The van der Waals surface area contributed by atoms with E-state index in [0.717, 1.165) is 30.8 Å². The molecular formula is C12H13N5OS. The summed E-state index contributed by atoms with van der Waals surface area (Å²) >= 11 is 5.19. The van der Waals surface area contributed by atoms with E-state index in [1.165, 1.54) is 0 Å². The summed E-state index contributed by atoms with van der Waals surface area (Å²) in [4.78, 5) is 3.96. The van der Waals surface area contributed by atoms with Gasteiger partial charge in [0.2, 0.25) is 4.77 Å². The standard InChI is InChI=1S/C12H13N5OS/c19-12-16-15-11(10-2-1-7-18-10)17(12)14-8-9-3-5-13-6-4-9/h3-6,8,10H,1-2,7H2,(H,16,19)/b14-8-. The normalized spacial score (nSPS) is 19.3. The van der Waals surface area contributed by atoms with Crippen LogP contribution in [0.15, 0.2) is 29.6 Å². The third-order valence-corrected chi connectivity index (χ3v) is 3.19. The molecule has 0 radical (unpaired) electrons. The molecule has 7 heteroatoms. The van der Waals surface area contributed by atoms with Crippen molar-refractivity contribution in [3.05, 3.63) is 40.7 Å². The Morgan fingerprint density at radius 1 is 1.47 bits per heavy atom. The van der Waals surface area contributed by atoms with Crippen molar-refractivity contribution < 1.29 is 4.74 Å². The van der Waals surface area contributed by atoms with Gasteiger partial charge in [-0.15, -0.1) is 0 Å². The fourth-order valence-electron chi connectivity index (χ4n) is 1.98. The van der Waals surface area contributed by atoms with Gasteiger partial charge < -0.3 is 4.74 Å². The predicted octanol–water partition coefficient (Wildman–Crippen LogP) is 2.07. The highest BCUT2D eigenvalue weighted by Crippen LogP contribution is 2.26. The minimum absolute atomic E-state index is 0.0254. The third-order valence-electron chi connectivity index (χ3n) is 2.92. The van der Waals surface area contributed by atoms with Crippen LogP contribution in [0.5, 0.6) is 0 Å². The molecule has 0 bridgehead atoms. The molecule has 0 aromatic carbocycles. The van der Waals surface area contributed by atoms with Gasteiger partial charge in [0.05, 0.1) is 6.21 Å². The van der Waals surface area contributed by atoms with E-state index in [2.05, 4.69) is 20.3 Å². The van der Waals surface area contributed by atoms with Gasteiger partial charge >= 0.3 is 0 Å². The van der Waals surface area contributed by atoms with Gasteiger partial charge in [-0.1, -0.05) is 0 Å². The molecule has 98 valence electrons. The van der Waals surface area contributed by atoms with Crippen LogP contribution in [-0.4, -0.2) is 32.7 Å². The fraction of sp³-hybridized carbons (Fsp3) is 0.333. The first-order valence-electron chi connectivity index (χ1n) is 6.08. The van der Waals surface area contributed by atoms with Crippen molar-refractivity contribution >= 4 is 18.4 Å². The van der Waals surface area contributed by atoms with Crippen molar-refractivity contribution in [2.45, 2.75) is 18.9 Å². The van der Waals surface area contributed by atoms with Crippen molar-refractivity contribution in [2.75, 3.05) is 6.61 Å². The van der Waals surface area contributed by atoms with E-state index in [9.17, 15) is 0 Å². The first kappa shape index (κ1) is 12.2. The van der Waals surface area contributed by atoms with Gasteiger partial charge in [-0.05, 0) is 42.8 Å². The summed E-state index contributed by atoms with van der Waals surface area (Å²) in [7, 11) is 0. The van der Waals surface area contributed by atoms with Crippen LogP contribution in [0, 0.1) is 4.77 Å². The maximum absolute atomic E-state index is 5.61. The number of H-pyrrole nitrogens is 1. The monoisotopic (exact) mass is 275 g/mol. The molecule has 1 unspecified atom stereocenters. The fourth-order valence-corrected chi connectivity index (χ4v) is 2.17. The van der Waals surface area contributed by atoms with E-state index in [0.29, 0.717) is 4.77 Å². The number of aromatic amines is 1.